The topological polar surface area (TPSA) is 57.9 Å². The number of rotatable bonds is 3. The van der Waals surface area contributed by atoms with Gasteiger partial charge in [0.05, 0.1) is 6.61 Å². The molecule has 1 aliphatic rings. The summed E-state index contributed by atoms with van der Waals surface area (Å²) in [5, 5.41) is 12.3. The quantitative estimate of drug-likeness (QED) is 0.827. The summed E-state index contributed by atoms with van der Waals surface area (Å²) < 4.78 is 5.38. The predicted octanol–water partition coefficient (Wildman–Crippen LogP) is 1.22. The Bertz CT molecular complexity index is 380. The molecule has 0 aliphatic carbocycles. The van der Waals surface area contributed by atoms with Crippen molar-refractivity contribution in [3.05, 3.63) is 29.6 Å². The van der Waals surface area contributed by atoms with Crippen molar-refractivity contribution in [1.29, 1.82) is 5.26 Å². The lowest BCUT2D eigenvalue weighted by Gasteiger charge is -2.23. The monoisotopic (exact) mass is 217 g/mol. The van der Waals surface area contributed by atoms with Gasteiger partial charge in [0.25, 0.3) is 0 Å². The van der Waals surface area contributed by atoms with E-state index < -0.39 is 0 Å². The SMILES string of the molecule is N#Cc1ncccc1CNC1CCCOC1. The summed E-state index contributed by atoms with van der Waals surface area (Å²) in [5.74, 6) is 0. The van der Waals surface area contributed by atoms with Crippen LogP contribution in [0.5, 0.6) is 0 Å². The molecule has 4 heteroatoms. The molecule has 0 amide bonds. The second kappa shape index (κ2) is 5.59. The van der Waals surface area contributed by atoms with Crippen LogP contribution in [-0.2, 0) is 11.3 Å². The first-order valence-electron chi connectivity index (χ1n) is 5.55. The molecule has 16 heavy (non-hydrogen) atoms. The first-order valence-corrected chi connectivity index (χ1v) is 5.55. The molecule has 1 atom stereocenters. The number of nitriles is 1. The molecule has 0 radical (unpaired) electrons. The van der Waals surface area contributed by atoms with Gasteiger partial charge in [-0.25, -0.2) is 4.98 Å². The summed E-state index contributed by atoms with van der Waals surface area (Å²) in [7, 11) is 0. The fourth-order valence-electron chi connectivity index (χ4n) is 1.84. The van der Waals surface area contributed by atoms with Gasteiger partial charge in [0, 0.05) is 31.0 Å². The van der Waals surface area contributed by atoms with Crippen LogP contribution in [0, 0.1) is 11.3 Å². The standard InChI is InChI=1S/C12H15N3O/c13-7-12-10(3-1-5-14-12)8-15-11-4-2-6-16-9-11/h1,3,5,11,15H,2,4,6,8-9H2. The van der Waals surface area contributed by atoms with Gasteiger partial charge in [0.2, 0.25) is 0 Å². The van der Waals surface area contributed by atoms with Gasteiger partial charge in [-0.1, -0.05) is 6.07 Å². The molecule has 1 fully saturated rings. The van der Waals surface area contributed by atoms with Crippen molar-refractivity contribution in [1.82, 2.24) is 10.3 Å². The van der Waals surface area contributed by atoms with Crippen molar-refractivity contribution in [3.8, 4) is 6.07 Å². The molecule has 4 nitrogen and oxygen atoms in total. The first kappa shape index (κ1) is 11.1. The van der Waals surface area contributed by atoms with Crippen LogP contribution in [0.3, 0.4) is 0 Å². The van der Waals surface area contributed by atoms with Gasteiger partial charge >= 0.3 is 0 Å². The molecule has 1 N–H and O–H groups in total. The van der Waals surface area contributed by atoms with Crippen molar-refractivity contribution in [2.45, 2.75) is 25.4 Å². The Kier molecular flexibility index (Phi) is 3.86. The molecular formula is C12H15N3O. The lowest BCUT2D eigenvalue weighted by molar-refractivity contribution is 0.0699. The van der Waals surface area contributed by atoms with Crippen molar-refractivity contribution in [2.75, 3.05) is 13.2 Å². The zero-order valence-electron chi connectivity index (χ0n) is 9.15. The third kappa shape index (κ3) is 2.78. The van der Waals surface area contributed by atoms with Gasteiger partial charge in [-0.3, -0.25) is 0 Å². The van der Waals surface area contributed by atoms with Gasteiger partial charge < -0.3 is 10.1 Å². The van der Waals surface area contributed by atoms with E-state index >= 15 is 0 Å². The van der Waals surface area contributed by atoms with Crippen molar-refractivity contribution in [2.24, 2.45) is 0 Å². The molecular weight excluding hydrogens is 202 g/mol. The number of ether oxygens (including phenoxy) is 1. The second-order valence-corrected chi connectivity index (χ2v) is 3.92. The molecule has 0 aromatic carbocycles. The minimum Gasteiger partial charge on any atom is -0.380 e. The van der Waals surface area contributed by atoms with Crippen molar-refractivity contribution >= 4 is 0 Å². The van der Waals surface area contributed by atoms with Crippen LogP contribution >= 0.6 is 0 Å². The largest absolute Gasteiger partial charge is 0.380 e. The summed E-state index contributed by atoms with van der Waals surface area (Å²) in [4.78, 5) is 4.03. The smallest absolute Gasteiger partial charge is 0.144 e. The Hall–Kier alpha value is -1.44. The van der Waals surface area contributed by atoms with Crippen LogP contribution in [0.4, 0.5) is 0 Å². The number of nitrogens with one attached hydrogen (secondary N) is 1. The third-order valence-electron chi connectivity index (χ3n) is 2.74. The summed E-state index contributed by atoms with van der Waals surface area (Å²) in [6, 6.07) is 6.29. The van der Waals surface area contributed by atoms with E-state index in [4.69, 9.17) is 10.00 Å². The lowest BCUT2D eigenvalue weighted by atomic mass is 10.1. The van der Waals surface area contributed by atoms with Crippen LogP contribution < -0.4 is 5.32 Å². The maximum atomic E-state index is 8.89. The predicted molar refractivity (Wildman–Crippen MR) is 59.6 cm³/mol. The highest BCUT2D eigenvalue weighted by molar-refractivity contribution is 5.30. The molecule has 1 aromatic rings. The van der Waals surface area contributed by atoms with E-state index in [-0.39, 0.29) is 0 Å². The second-order valence-electron chi connectivity index (χ2n) is 3.92. The van der Waals surface area contributed by atoms with Gasteiger partial charge in [0.1, 0.15) is 11.8 Å². The van der Waals surface area contributed by atoms with E-state index in [9.17, 15) is 0 Å². The fourth-order valence-corrected chi connectivity index (χ4v) is 1.84. The zero-order chi connectivity index (χ0) is 11.2. The van der Waals surface area contributed by atoms with Crippen molar-refractivity contribution < 1.29 is 4.74 Å². The highest BCUT2D eigenvalue weighted by Crippen LogP contribution is 2.08. The Morgan fingerprint density at radius 1 is 1.62 bits per heavy atom. The summed E-state index contributed by atoms with van der Waals surface area (Å²) >= 11 is 0. The average Bonchev–Trinajstić information content (AvgIpc) is 2.38. The van der Waals surface area contributed by atoms with Crippen LogP contribution in [-0.4, -0.2) is 24.2 Å². The number of pyridine rings is 1. The van der Waals surface area contributed by atoms with Crippen molar-refractivity contribution in [3.63, 3.8) is 0 Å². The number of hydrogen-bond donors (Lipinski definition) is 1. The highest BCUT2D eigenvalue weighted by atomic mass is 16.5. The molecule has 0 spiro atoms. The number of nitrogens with zero attached hydrogens (tertiary/aromatic N) is 2. The van der Waals surface area contributed by atoms with Gasteiger partial charge in [-0.05, 0) is 18.9 Å². The fraction of sp³-hybridized carbons (Fsp3) is 0.500. The maximum Gasteiger partial charge on any atom is 0.144 e. The highest BCUT2D eigenvalue weighted by Gasteiger charge is 2.13. The van der Waals surface area contributed by atoms with E-state index in [1.807, 2.05) is 12.1 Å². The van der Waals surface area contributed by atoms with Gasteiger partial charge in [-0.2, -0.15) is 5.26 Å². The summed E-state index contributed by atoms with van der Waals surface area (Å²) in [5.41, 5.74) is 1.46. The molecule has 1 aromatic heterocycles. The molecule has 84 valence electrons. The molecule has 2 heterocycles. The van der Waals surface area contributed by atoms with E-state index in [2.05, 4.69) is 16.4 Å². The molecule has 1 aliphatic heterocycles. The molecule has 0 bridgehead atoms. The minimum atomic E-state index is 0.403. The van der Waals surface area contributed by atoms with Crippen LogP contribution in [0.2, 0.25) is 0 Å². The lowest BCUT2D eigenvalue weighted by Crippen LogP contribution is -2.36. The van der Waals surface area contributed by atoms with E-state index in [0.29, 0.717) is 18.3 Å². The van der Waals surface area contributed by atoms with Gasteiger partial charge in [-0.15, -0.1) is 0 Å². The maximum absolute atomic E-state index is 8.89. The number of aromatic nitrogens is 1. The number of hydrogen-bond acceptors (Lipinski definition) is 4. The van der Waals surface area contributed by atoms with E-state index in [0.717, 1.165) is 31.6 Å². The van der Waals surface area contributed by atoms with Crippen LogP contribution in [0.1, 0.15) is 24.1 Å². The Labute approximate surface area is 95.3 Å². The molecule has 2 rings (SSSR count). The normalized spacial score (nSPS) is 20.3. The average molecular weight is 217 g/mol. The third-order valence-corrected chi connectivity index (χ3v) is 2.74. The Morgan fingerprint density at radius 2 is 2.56 bits per heavy atom. The molecule has 1 saturated heterocycles. The summed E-state index contributed by atoms with van der Waals surface area (Å²) in [6.45, 7) is 2.32. The van der Waals surface area contributed by atoms with E-state index in [1.54, 1.807) is 6.20 Å². The minimum absolute atomic E-state index is 0.403. The Balaban J connectivity index is 1.91. The van der Waals surface area contributed by atoms with Gasteiger partial charge in [0.15, 0.2) is 0 Å². The first-order chi connectivity index (χ1) is 7.90. The molecule has 1 unspecified atom stereocenters. The van der Waals surface area contributed by atoms with E-state index in [1.165, 1.54) is 0 Å². The van der Waals surface area contributed by atoms with Crippen LogP contribution in [0.25, 0.3) is 0 Å². The van der Waals surface area contributed by atoms with Crippen LogP contribution in [0.15, 0.2) is 18.3 Å². The summed E-state index contributed by atoms with van der Waals surface area (Å²) in [6.07, 6.45) is 3.89. The molecule has 0 saturated carbocycles. The Morgan fingerprint density at radius 3 is 3.31 bits per heavy atom. The zero-order valence-corrected chi connectivity index (χ0v) is 9.15.